The number of aryl methyl sites for hydroxylation is 2. The van der Waals surface area contributed by atoms with Gasteiger partial charge in [0.15, 0.2) is 5.82 Å². The van der Waals surface area contributed by atoms with Crippen LogP contribution >= 0.6 is 0 Å². The van der Waals surface area contributed by atoms with Gasteiger partial charge in [-0.2, -0.15) is 0 Å². The van der Waals surface area contributed by atoms with Gasteiger partial charge >= 0.3 is 5.97 Å². The third-order valence-corrected chi connectivity index (χ3v) is 3.26. The molecule has 19 heavy (non-hydrogen) atoms. The molecular formula is C14H22N2O3. The van der Waals surface area contributed by atoms with Crippen LogP contribution in [0.5, 0.6) is 0 Å². The monoisotopic (exact) mass is 266 g/mol. The van der Waals surface area contributed by atoms with Gasteiger partial charge in [-0.25, -0.2) is 9.97 Å². The highest BCUT2D eigenvalue weighted by Gasteiger charge is 2.24. The van der Waals surface area contributed by atoms with Crippen molar-refractivity contribution in [3.8, 4) is 0 Å². The predicted molar refractivity (Wildman–Crippen MR) is 72.1 cm³/mol. The van der Waals surface area contributed by atoms with Crippen molar-refractivity contribution >= 4 is 5.97 Å². The number of carboxylic acids is 1. The zero-order chi connectivity index (χ0) is 14.7. The minimum atomic E-state index is -0.866. The molecule has 0 saturated heterocycles. The van der Waals surface area contributed by atoms with E-state index in [4.69, 9.17) is 9.84 Å². The van der Waals surface area contributed by atoms with Crippen molar-refractivity contribution in [2.75, 3.05) is 7.11 Å². The number of methoxy groups -OCH3 is 1. The Balaban J connectivity index is 3.27. The van der Waals surface area contributed by atoms with Gasteiger partial charge < -0.3 is 9.84 Å². The number of carboxylic acid groups (broad SMARTS) is 1. The Morgan fingerprint density at radius 3 is 1.95 bits per heavy atom. The Morgan fingerprint density at radius 1 is 1.16 bits per heavy atom. The van der Waals surface area contributed by atoms with E-state index in [9.17, 15) is 4.79 Å². The fourth-order valence-electron chi connectivity index (χ4n) is 2.30. The Hall–Kier alpha value is -1.49. The summed E-state index contributed by atoms with van der Waals surface area (Å²) < 4.78 is 5.41. The van der Waals surface area contributed by atoms with Gasteiger partial charge in [0.1, 0.15) is 6.10 Å². The summed E-state index contributed by atoms with van der Waals surface area (Å²) in [5, 5.41) is 9.12. The van der Waals surface area contributed by atoms with Gasteiger partial charge in [0, 0.05) is 24.1 Å². The van der Waals surface area contributed by atoms with Gasteiger partial charge in [-0.1, -0.05) is 13.8 Å². The summed E-state index contributed by atoms with van der Waals surface area (Å²) in [5.41, 5.74) is 2.11. The summed E-state index contributed by atoms with van der Waals surface area (Å²) in [6, 6.07) is 0. The van der Waals surface area contributed by atoms with E-state index in [1.165, 1.54) is 0 Å². The molecule has 5 nitrogen and oxygen atoms in total. The lowest BCUT2D eigenvalue weighted by molar-refractivity contribution is -0.138. The van der Waals surface area contributed by atoms with Crippen LogP contribution < -0.4 is 0 Å². The number of aliphatic carboxylic acids is 1. The molecule has 5 heteroatoms. The molecule has 0 aliphatic rings. The summed E-state index contributed by atoms with van der Waals surface area (Å²) >= 11 is 0. The SMILES string of the molecule is COC(c1nc(C)c(C(C)C(=O)O)c(C)n1)C(C)C. The zero-order valence-electron chi connectivity index (χ0n) is 12.4. The second kappa shape index (κ2) is 6.10. The minimum absolute atomic E-state index is 0.174. The van der Waals surface area contributed by atoms with Crippen molar-refractivity contribution in [3.05, 3.63) is 22.8 Å². The number of hydrogen-bond donors (Lipinski definition) is 1. The van der Waals surface area contributed by atoms with Crippen LogP contribution in [0.15, 0.2) is 0 Å². The third-order valence-electron chi connectivity index (χ3n) is 3.26. The maximum absolute atomic E-state index is 11.1. The first-order valence-electron chi connectivity index (χ1n) is 6.40. The van der Waals surface area contributed by atoms with Crippen molar-refractivity contribution in [1.29, 1.82) is 0 Å². The van der Waals surface area contributed by atoms with E-state index in [-0.39, 0.29) is 12.0 Å². The second-order valence-electron chi connectivity index (χ2n) is 5.13. The number of nitrogens with zero attached hydrogens (tertiary/aromatic N) is 2. The van der Waals surface area contributed by atoms with Crippen LogP contribution in [0.1, 0.15) is 55.6 Å². The molecule has 106 valence electrons. The minimum Gasteiger partial charge on any atom is -0.481 e. The molecule has 1 N–H and O–H groups in total. The van der Waals surface area contributed by atoms with E-state index in [1.54, 1.807) is 14.0 Å². The Morgan fingerprint density at radius 2 is 1.63 bits per heavy atom. The van der Waals surface area contributed by atoms with Gasteiger partial charge in [-0.15, -0.1) is 0 Å². The molecule has 0 saturated carbocycles. The molecule has 0 radical (unpaired) electrons. The number of hydrogen-bond acceptors (Lipinski definition) is 4. The fourth-order valence-corrected chi connectivity index (χ4v) is 2.30. The average Bonchev–Trinajstić information content (AvgIpc) is 2.27. The van der Waals surface area contributed by atoms with Crippen LogP contribution in [0, 0.1) is 19.8 Å². The Bertz CT molecular complexity index is 449. The van der Waals surface area contributed by atoms with Crippen molar-refractivity contribution in [1.82, 2.24) is 9.97 Å². The van der Waals surface area contributed by atoms with E-state index in [0.717, 1.165) is 0 Å². The first-order chi connectivity index (χ1) is 8.79. The molecular weight excluding hydrogens is 244 g/mol. The quantitative estimate of drug-likeness (QED) is 0.887. The maximum atomic E-state index is 11.1. The number of aromatic nitrogens is 2. The normalized spacial score (nSPS) is 14.5. The first-order valence-corrected chi connectivity index (χ1v) is 6.40. The molecule has 0 spiro atoms. The third kappa shape index (κ3) is 3.29. The standard InChI is InChI=1S/C14H22N2O3/c1-7(2)12(19-6)13-15-9(4)11(10(5)16-13)8(3)14(17)18/h7-8,12H,1-6H3,(H,17,18). The lowest BCUT2D eigenvalue weighted by atomic mass is 9.97. The van der Waals surface area contributed by atoms with Crippen molar-refractivity contribution in [3.63, 3.8) is 0 Å². The van der Waals surface area contributed by atoms with Gasteiger partial charge in [0.2, 0.25) is 0 Å². The molecule has 1 aromatic rings. The van der Waals surface area contributed by atoms with Crippen LogP contribution in [0.25, 0.3) is 0 Å². The molecule has 1 heterocycles. The highest BCUT2D eigenvalue weighted by molar-refractivity contribution is 5.76. The highest BCUT2D eigenvalue weighted by Crippen LogP contribution is 2.26. The predicted octanol–water partition coefficient (Wildman–Crippen LogP) is 2.63. The van der Waals surface area contributed by atoms with Crippen LogP contribution in [0.3, 0.4) is 0 Å². The number of carbonyl (C=O) groups is 1. The van der Waals surface area contributed by atoms with Crippen molar-refractivity contribution in [2.24, 2.45) is 5.92 Å². The van der Waals surface area contributed by atoms with Crippen LogP contribution in [0.4, 0.5) is 0 Å². The van der Waals surface area contributed by atoms with Crippen LogP contribution in [0.2, 0.25) is 0 Å². The van der Waals surface area contributed by atoms with E-state index in [0.29, 0.717) is 22.8 Å². The molecule has 0 fully saturated rings. The topological polar surface area (TPSA) is 72.3 Å². The molecule has 1 aromatic heterocycles. The number of rotatable bonds is 5. The summed E-state index contributed by atoms with van der Waals surface area (Å²) in [6.45, 7) is 9.36. The molecule has 2 atom stereocenters. The number of ether oxygens (including phenoxy) is 1. The lowest BCUT2D eigenvalue weighted by Crippen LogP contribution is -2.18. The van der Waals surface area contributed by atoms with E-state index >= 15 is 0 Å². The summed E-state index contributed by atoms with van der Waals surface area (Å²) in [7, 11) is 1.63. The smallest absolute Gasteiger partial charge is 0.310 e. The lowest BCUT2D eigenvalue weighted by Gasteiger charge is -2.20. The van der Waals surface area contributed by atoms with Gasteiger partial charge in [-0.05, 0) is 26.7 Å². The van der Waals surface area contributed by atoms with E-state index < -0.39 is 11.9 Å². The summed E-state index contributed by atoms with van der Waals surface area (Å²) in [5.74, 6) is -0.593. The van der Waals surface area contributed by atoms with Gasteiger partial charge in [0.05, 0.1) is 5.92 Å². The zero-order valence-corrected chi connectivity index (χ0v) is 12.4. The molecule has 0 aliphatic carbocycles. The Kier molecular flexibility index (Phi) is 5.00. The highest BCUT2D eigenvalue weighted by atomic mass is 16.5. The maximum Gasteiger partial charge on any atom is 0.310 e. The molecule has 0 amide bonds. The molecule has 0 aliphatic heterocycles. The van der Waals surface area contributed by atoms with Crippen LogP contribution in [-0.2, 0) is 9.53 Å². The van der Waals surface area contributed by atoms with Gasteiger partial charge in [0.25, 0.3) is 0 Å². The molecule has 1 rings (SSSR count). The second-order valence-corrected chi connectivity index (χ2v) is 5.13. The first kappa shape index (κ1) is 15.6. The fraction of sp³-hybridized carbons (Fsp3) is 0.643. The summed E-state index contributed by atoms with van der Waals surface area (Å²) in [4.78, 5) is 20.0. The average molecular weight is 266 g/mol. The van der Waals surface area contributed by atoms with E-state index in [1.807, 2.05) is 27.7 Å². The Labute approximate surface area is 114 Å². The molecule has 0 aromatic carbocycles. The summed E-state index contributed by atoms with van der Waals surface area (Å²) in [6.07, 6.45) is -0.174. The van der Waals surface area contributed by atoms with Gasteiger partial charge in [-0.3, -0.25) is 4.79 Å². The van der Waals surface area contributed by atoms with Crippen molar-refractivity contribution in [2.45, 2.75) is 46.6 Å². The molecule has 0 bridgehead atoms. The van der Waals surface area contributed by atoms with Crippen molar-refractivity contribution < 1.29 is 14.6 Å². The largest absolute Gasteiger partial charge is 0.481 e. The van der Waals surface area contributed by atoms with Crippen LogP contribution in [-0.4, -0.2) is 28.2 Å². The molecule has 2 unspecified atom stereocenters. The van der Waals surface area contributed by atoms with E-state index in [2.05, 4.69) is 9.97 Å².